The van der Waals surface area contributed by atoms with Crippen LogP contribution < -0.4 is 5.73 Å². The fourth-order valence-electron chi connectivity index (χ4n) is 3.44. The molecule has 2 amide bonds. The van der Waals surface area contributed by atoms with Crippen LogP contribution in [0.25, 0.3) is 0 Å². The first-order chi connectivity index (χ1) is 10.1. The second-order valence-corrected chi connectivity index (χ2v) is 6.41. The number of nitrogens with two attached hydrogens (primary N) is 1. The van der Waals surface area contributed by atoms with Gasteiger partial charge in [-0.15, -0.1) is 0 Å². The second-order valence-electron chi connectivity index (χ2n) is 6.41. The van der Waals surface area contributed by atoms with E-state index in [-0.39, 0.29) is 6.03 Å². The van der Waals surface area contributed by atoms with Crippen LogP contribution in [0.4, 0.5) is 10.6 Å². The average molecular weight is 291 g/mol. The maximum Gasteiger partial charge on any atom is 0.320 e. The van der Waals surface area contributed by atoms with Gasteiger partial charge in [-0.05, 0) is 37.7 Å². The molecule has 1 aromatic rings. The molecule has 116 valence electrons. The Labute approximate surface area is 125 Å². The highest BCUT2D eigenvalue weighted by molar-refractivity contribution is 5.74. The van der Waals surface area contributed by atoms with E-state index in [2.05, 4.69) is 12.0 Å². The molecule has 6 heteroatoms. The summed E-state index contributed by atoms with van der Waals surface area (Å²) in [6.45, 7) is 5.68. The van der Waals surface area contributed by atoms with Crippen molar-refractivity contribution in [1.29, 1.82) is 0 Å². The van der Waals surface area contributed by atoms with E-state index in [1.54, 1.807) is 0 Å². The van der Waals surface area contributed by atoms with Gasteiger partial charge in [0.1, 0.15) is 5.82 Å². The Bertz CT molecular complexity index is 492. The lowest BCUT2D eigenvalue weighted by Crippen LogP contribution is -2.49. The number of aromatic nitrogens is 2. The van der Waals surface area contributed by atoms with Gasteiger partial charge in [0.25, 0.3) is 0 Å². The van der Waals surface area contributed by atoms with Crippen LogP contribution in [0.2, 0.25) is 0 Å². The van der Waals surface area contributed by atoms with Gasteiger partial charge in [-0.3, -0.25) is 4.68 Å². The molecule has 0 saturated carbocycles. The highest BCUT2D eigenvalue weighted by atomic mass is 16.2. The Morgan fingerprint density at radius 2 is 2.00 bits per heavy atom. The highest BCUT2D eigenvalue weighted by Crippen LogP contribution is 2.24. The molecule has 21 heavy (non-hydrogen) atoms. The Hall–Kier alpha value is -1.72. The van der Waals surface area contributed by atoms with Gasteiger partial charge in [-0.2, -0.15) is 5.10 Å². The van der Waals surface area contributed by atoms with Crippen LogP contribution in [0.1, 0.15) is 38.6 Å². The minimum Gasteiger partial charge on any atom is -0.382 e. The van der Waals surface area contributed by atoms with E-state index >= 15 is 0 Å². The number of hydrogen-bond donors (Lipinski definition) is 1. The summed E-state index contributed by atoms with van der Waals surface area (Å²) in [5.41, 5.74) is 5.67. The smallest absolute Gasteiger partial charge is 0.320 e. The lowest BCUT2D eigenvalue weighted by Gasteiger charge is -2.38. The Morgan fingerprint density at radius 3 is 2.62 bits per heavy atom. The predicted octanol–water partition coefficient (Wildman–Crippen LogP) is 1.95. The van der Waals surface area contributed by atoms with Crippen molar-refractivity contribution >= 4 is 11.8 Å². The molecular weight excluding hydrogens is 266 g/mol. The fraction of sp³-hybridized carbons (Fsp3) is 0.733. The molecular formula is C15H25N5O. The third-order valence-corrected chi connectivity index (χ3v) is 4.67. The number of hydrogen-bond acceptors (Lipinski definition) is 3. The van der Waals surface area contributed by atoms with Crippen molar-refractivity contribution in [1.82, 2.24) is 19.6 Å². The Balaban J connectivity index is 1.54. The van der Waals surface area contributed by atoms with E-state index in [1.807, 2.05) is 26.7 Å². The summed E-state index contributed by atoms with van der Waals surface area (Å²) in [7, 11) is 0. The molecule has 0 spiro atoms. The number of anilines is 1. The average Bonchev–Trinajstić information content (AvgIpc) is 2.93. The Morgan fingerprint density at radius 1 is 1.24 bits per heavy atom. The van der Waals surface area contributed by atoms with Crippen molar-refractivity contribution in [2.24, 2.45) is 5.92 Å². The number of piperidine rings is 2. The number of amides is 2. The van der Waals surface area contributed by atoms with Gasteiger partial charge in [-0.25, -0.2) is 4.79 Å². The molecule has 2 saturated heterocycles. The van der Waals surface area contributed by atoms with Gasteiger partial charge in [0, 0.05) is 32.4 Å². The van der Waals surface area contributed by atoms with E-state index in [0.717, 1.165) is 45.4 Å². The van der Waals surface area contributed by atoms with Crippen LogP contribution >= 0.6 is 0 Å². The van der Waals surface area contributed by atoms with E-state index in [9.17, 15) is 4.79 Å². The van der Waals surface area contributed by atoms with Crippen molar-refractivity contribution in [3.63, 3.8) is 0 Å². The quantitative estimate of drug-likeness (QED) is 0.860. The summed E-state index contributed by atoms with van der Waals surface area (Å²) in [5.74, 6) is 1.20. The molecule has 0 bridgehead atoms. The number of likely N-dealkylation sites (tertiary alicyclic amines) is 2. The second kappa shape index (κ2) is 5.95. The SMILES string of the molecule is CC1CCCN(C(=O)N2CCC(n3ccc(N)n3)CC2)C1. The van der Waals surface area contributed by atoms with Gasteiger partial charge < -0.3 is 15.5 Å². The monoisotopic (exact) mass is 291 g/mol. The van der Waals surface area contributed by atoms with Crippen LogP contribution in [0, 0.1) is 5.92 Å². The molecule has 0 aliphatic carbocycles. The van der Waals surface area contributed by atoms with Crippen LogP contribution in [0.5, 0.6) is 0 Å². The first-order valence-corrected chi connectivity index (χ1v) is 7.98. The molecule has 6 nitrogen and oxygen atoms in total. The molecule has 2 aliphatic heterocycles. The zero-order chi connectivity index (χ0) is 14.8. The topological polar surface area (TPSA) is 67.4 Å². The number of carbonyl (C=O) groups excluding carboxylic acids is 1. The van der Waals surface area contributed by atoms with E-state index in [1.165, 1.54) is 6.42 Å². The number of carbonyl (C=O) groups is 1. The molecule has 2 fully saturated rings. The van der Waals surface area contributed by atoms with E-state index in [0.29, 0.717) is 17.8 Å². The summed E-state index contributed by atoms with van der Waals surface area (Å²) < 4.78 is 1.94. The third-order valence-electron chi connectivity index (χ3n) is 4.67. The summed E-state index contributed by atoms with van der Waals surface area (Å²) in [6, 6.07) is 2.42. The maximum absolute atomic E-state index is 12.6. The summed E-state index contributed by atoms with van der Waals surface area (Å²) in [4.78, 5) is 16.6. The number of nitrogen functional groups attached to an aromatic ring is 1. The molecule has 0 aromatic carbocycles. The minimum absolute atomic E-state index is 0.222. The molecule has 1 atom stereocenters. The van der Waals surface area contributed by atoms with Gasteiger partial charge in [0.05, 0.1) is 6.04 Å². The van der Waals surface area contributed by atoms with Crippen LogP contribution in [0.3, 0.4) is 0 Å². The molecule has 2 N–H and O–H groups in total. The number of nitrogens with zero attached hydrogens (tertiary/aromatic N) is 4. The lowest BCUT2D eigenvalue weighted by molar-refractivity contribution is 0.114. The number of urea groups is 1. The van der Waals surface area contributed by atoms with E-state index < -0.39 is 0 Å². The molecule has 3 rings (SSSR count). The zero-order valence-electron chi connectivity index (χ0n) is 12.7. The Kier molecular flexibility index (Phi) is 4.03. The van der Waals surface area contributed by atoms with Gasteiger partial charge in [0.15, 0.2) is 0 Å². The standard InChI is InChI=1S/C15H25N5O/c1-12-3-2-7-19(11-12)15(21)18-8-4-13(5-9-18)20-10-6-14(16)17-20/h6,10,12-13H,2-5,7-9,11H2,1H3,(H2,16,17). The van der Waals surface area contributed by atoms with Crippen molar-refractivity contribution in [2.45, 2.75) is 38.6 Å². The van der Waals surface area contributed by atoms with Crippen LogP contribution in [0.15, 0.2) is 12.3 Å². The molecule has 0 radical (unpaired) electrons. The zero-order valence-corrected chi connectivity index (χ0v) is 12.7. The largest absolute Gasteiger partial charge is 0.382 e. The molecule has 2 aliphatic rings. The van der Waals surface area contributed by atoms with Crippen molar-refractivity contribution in [3.8, 4) is 0 Å². The van der Waals surface area contributed by atoms with Crippen LogP contribution in [-0.4, -0.2) is 51.8 Å². The minimum atomic E-state index is 0.222. The maximum atomic E-state index is 12.6. The van der Waals surface area contributed by atoms with Gasteiger partial charge >= 0.3 is 6.03 Å². The normalized spacial score (nSPS) is 24.3. The first kappa shape index (κ1) is 14.2. The highest BCUT2D eigenvalue weighted by Gasteiger charge is 2.29. The van der Waals surface area contributed by atoms with Gasteiger partial charge in [0.2, 0.25) is 0 Å². The van der Waals surface area contributed by atoms with Crippen molar-refractivity contribution < 1.29 is 4.79 Å². The summed E-state index contributed by atoms with van der Waals surface area (Å²) >= 11 is 0. The first-order valence-electron chi connectivity index (χ1n) is 7.98. The molecule has 3 heterocycles. The van der Waals surface area contributed by atoms with Crippen molar-refractivity contribution in [2.75, 3.05) is 31.9 Å². The lowest BCUT2D eigenvalue weighted by atomic mass is 10.0. The third kappa shape index (κ3) is 3.14. The van der Waals surface area contributed by atoms with E-state index in [4.69, 9.17) is 5.73 Å². The number of rotatable bonds is 1. The van der Waals surface area contributed by atoms with Gasteiger partial charge in [-0.1, -0.05) is 6.92 Å². The summed E-state index contributed by atoms with van der Waals surface area (Å²) in [6.07, 6.45) is 6.22. The van der Waals surface area contributed by atoms with Crippen molar-refractivity contribution in [3.05, 3.63) is 12.3 Å². The summed E-state index contributed by atoms with van der Waals surface area (Å²) in [5, 5.41) is 4.28. The predicted molar refractivity (Wildman–Crippen MR) is 81.9 cm³/mol. The molecule has 1 unspecified atom stereocenters. The van der Waals surface area contributed by atoms with Crippen LogP contribution in [-0.2, 0) is 0 Å². The molecule has 1 aromatic heterocycles. The fourth-order valence-corrected chi connectivity index (χ4v) is 3.44.